The van der Waals surface area contributed by atoms with E-state index in [1.165, 1.54) is 12.1 Å². The van der Waals surface area contributed by atoms with E-state index >= 15 is 0 Å². The van der Waals surface area contributed by atoms with Crippen LogP contribution in [0.3, 0.4) is 0 Å². The molecule has 3 amide bonds. The van der Waals surface area contributed by atoms with E-state index in [9.17, 15) is 29.3 Å². The number of nitrogens with zero attached hydrogens (tertiary/aromatic N) is 2. The molecule has 0 spiro atoms. The number of ether oxygens (including phenoxy) is 1. The summed E-state index contributed by atoms with van der Waals surface area (Å²) in [6, 6.07) is 14.0. The average molecular weight is 496 g/mol. The Morgan fingerprint density at radius 3 is 2.29 bits per heavy atom. The number of anilines is 1. The summed E-state index contributed by atoms with van der Waals surface area (Å²) in [6.45, 7) is -0.578. The first-order chi connectivity index (χ1) is 16.8. The van der Waals surface area contributed by atoms with Crippen LogP contribution in [0.15, 0.2) is 54.6 Å². The zero-order valence-electron chi connectivity index (χ0n) is 18.2. The number of hydrogen-bond acceptors (Lipinski definition) is 7. The Morgan fingerprint density at radius 1 is 1.03 bits per heavy atom. The molecule has 3 aromatic rings. The van der Waals surface area contributed by atoms with Crippen molar-refractivity contribution in [1.29, 1.82) is 0 Å². The minimum atomic E-state index is -0.686. The first-order valence-electron chi connectivity index (χ1n) is 10.5. The van der Waals surface area contributed by atoms with Crippen molar-refractivity contribution in [2.75, 3.05) is 18.5 Å². The minimum Gasteiger partial charge on any atom is -0.456 e. The number of nitro benzene ring substituents is 1. The molecule has 1 aliphatic rings. The second kappa shape index (κ2) is 9.90. The van der Waals surface area contributed by atoms with Gasteiger partial charge in [0, 0.05) is 41.6 Å². The molecule has 10 nitrogen and oxygen atoms in total. The van der Waals surface area contributed by atoms with Gasteiger partial charge in [-0.25, -0.2) is 0 Å². The molecular formula is C24H18ClN3O7. The molecule has 1 N–H and O–H groups in total. The lowest BCUT2D eigenvalue weighted by molar-refractivity contribution is -0.384. The van der Waals surface area contributed by atoms with Crippen molar-refractivity contribution in [2.45, 2.75) is 12.8 Å². The van der Waals surface area contributed by atoms with Crippen molar-refractivity contribution in [2.24, 2.45) is 0 Å². The fourth-order valence-corrected chi connectivity index (χ4v) is 4.01. The van der Waals surface area contributed by atoms with Gasteiger partial charge >= 0.3 is 5.97 Å². The highest BCUT2D eigenvalue weighted by atomic mass is 35.5. The Labute approximate surface area is 203 Å². The van der Waals surface area contributed by atoms with Crippen LogP contribution in [-0.4, -0.2) is 46.7 Å². The van der Waals surface area contributed by atoms with Gasteiger partial charge in [-0.05, 0) is 30.0 Å². The maximum atomic E-state index is 12.9. The van der Waals surface area contributed by atoms with Crippen LogP contribution in [0.1, 0.15) is 33.6 Å². The molecule has 0 saturated heterocycles. The second-order valence-corrected chi connectivity index (χ2v) is 8.11. The molecule has 3 aromatic carbocycles. The molecule has 1 aliphatic heterocycles. The third kappa shape index (κ3) is 4.97. The van der Waals surface area contributed by atoms with Crippen LogP contribution in [0.5, 0.6) is 0 Å². The molecular weight excluding hydrogens is 478 g/mol. The van der Waals surface area contributed by atoms with Gasteiger partial charge in [0.05, 0.1) is 15.6 Å². The van der Waals surface area contributed by atoms with Crippen molar-refractivity contribution < 1.29 is 28.8 Å². The van der Waals surface area contributed by atoms with E-state index in [1.54, 1.807) is 24.3 Å². The van der Waals surface area contributed by atoms with E-state index in [0.29, 0.717) is 16.5 Å². The molecule has 35 heavy (non-hydrogen) atoms. The number of carbonyl (C=O) groups is 4. The highest BCUT2D eigenvalue weighted by Gasteiger charge is 2.32. The van der Waals surface area contributed by atoms with Gasteiger partial charge < -0.3 is 10.1 Å². The van der Waals surface area contributed by atoms with E-state index in [-0.39, 0.29) is 35.8 Å². The van der Waals surface area contributed by atoms with Gasteiger partial charge in [0.1, 0.15) is 0 Å². The van der Waals surface area contributed by atoms with Crippen molar-refractivity contribution in [3.63, 3.8) is 0 Å². The number of imide groups is 1. The molecule has 0 unspecified atom stereocenters. The predicted molar refractivity (Wildman–Crippen MR) is 126 cm³/mol. The van der Waals surface area contributed by atoms with E-state index in [1.807, 2.05) is 12.1 Å². The van der Waals surface area contributed by atoms with Gasteiger partial charge in [-0.1, -0.05) is 35.9 Å². The van der Waals surface area contributed by atoms with Gasteiger partial charge in [-0.15, -0.1) is 0 Å². The molecule has 11 heteroatoms. The standard InChI is InChI=1S/C24H18ClN3O7/c25-18-12-15(28(33)34)9-10-19(18)26-20(29)13-35-21(30)8-3-11-27-23(31)16-6-1-4-14-5-2-7-17(22(14)16)24(27)32/h1-2,4-7,9-10,12H,3,8,11,13H2,(H,26,29). The topological polar surface area (TPSA) is 136 Å². The Kier molecular flexibility index (Phi) is 6.74. The number of halogens is 1. The van der Waals surface area contributed by atoms with Crippen molar-refractivity contribution in [1.82, 2.24) is 4.90 Å². The summed E-state index contributed by atoms with van der Waals surface area (Å²) in [4.78, 5) is 61.0. The lowest BCUT2D eigenvalue weighted by Crippen LogP contribution is -2.41. The number of hydrogen-bond donors (Lipinski definition) is 1. The van der Waals surface area contributed by atoms with Gasteiger partial charge in [-0.3, -0.25) is 34.2 Å². The van der Waals surface area contributed by atoms with Crippen molar-refractivity contribution in [3.05, 3.63) is 80.9 Å². The number of benzene rings is 3. The molecule has 0 bridgehead atoms. The summed E-state index contributed by atoms with van der Waals surface area (Å²) < 4.78 is 4.93. The quantitative estimate of drug-likeness (QED) is 0.216. The summed E-state index contributed by atoms with van der Waals surface area (Å²) in [5.41, 5.74) is 0.768. The molecule has 0 aromatic heterocycles. The SMILES string of the molecule is O=C(COC(=O)CCCN1C(=O)c2cccc3cccc(c23)C1=O)Nc1ccc([N+](=O)[O-])cc1Cl. The lowest BCUT2D eigenvalue weighted by atomic mass is 9.94. The zero-order valence-corrected chi connectivity index (χ0v) is 18.9. The van der Waals surface area contributed by atoms with E-state index in [2.05, 4.69) is 5.32 Å². The normalized spacial score (nSPS) is 12.5. The van der Waals surface area contributed by atoms with Crippen molar-refractivity contribution >= 4 is 57.4 Å². The smallest absolute Gasteiger partial charge is 0.306 e. The largest absolute Gasteiger partial charge is 0.456 e. The van der Waals surface area contributed by atoms with E-state index < -0.39 is 35.2 Å². The monoisotopic (exact) mass is 495 g/mol. The summed E-state index contributed by atoms with van der Waals surface area (Å²) in [6.07, 6.45) is 0.0404. The highest BCUT2D eigenvalue weighted by Crippen LogP contribution is 2.30. The third-order valence-corrected chi connectivity index (χ3v) is 5.73. The number of rotatable bonds is 8. The maximum absolute atomic E-state index is 12.9. The van der Waals surface area contributed by atoms with Crippen LogP contribution < -0.4 is 5.32 Å². The summed E-state index contributed by atoms with van der Waals surface area (Å²) in [5, 5.41) is 14.5. The second-order valence-electron chi connectivity index (χ2n) is 7.70. The van der Waals surface area contributed by atoms with Gasteiger partial charge in [0.15, 0.2) is 6.61 Å². The number of amides is 3. The number of carbonyl (C=O) groups excluding carboxylic acids is 4. The number of nitro groups is 1. The van der Waals surface area contributed by atoms with E-state index in [0.717, 1.165) is 16.4 Å². The molecule has 178 valence electrons. The van der Waals surface area contributed by atoms with Crippen LogP contribution in [0.25, 0.3) is 10.8 Å². The Balaban J connectivity index is 1.27. The third-order valence-electron chi connectivity index (χ3n) is 5.42. The predicted octanol–water partition coefficient (Wildman–Crippen LogP) is 3.96. The van der Waals surface area contributed by atoms with Crippen LogP contribution in [0.4, 0.5) is 11.4 Å². The highest BCUT2D eigenvalue weighted by molar-refractivity contribution is 6.34. The van der Waals surface area contributed by atoms with Crippen LogP contribution in [0, 0.1) is 10.1 Å². The van der Waals surface area contributed by atoms with Gasteiger partial charge in [-0.2, -0.15) is 0 Å². The molecule has 0 fully saturated rings. The molecule has 0 atom stereocenters. The van der Waals surface area contributed by atoms with Crippen LogP contribution in [0.2, 0.25) is 5.02 Å². The molecule has 0 aliphatic carbocycles. The first-order valence-corrected chi connectivity index (χ1v) is 10.9. The van der Waals surface area contributed by atoms with E-state index in [4.69, 9.17) is 16.3 Å². The minimum absolute atomic E-state index is 0.0160. The number of nitrogens with one attached hydrogen (secondary N) is 1. The maximum Gasteiger partial charge on any atom is 0.306 e. The van der Waals surface area contributed by atoms with Crippen LogP contribution in [-0.2, 0) is 14.3 Å². The Morgan fingerprint density at radius 2 is 1.69 bits per heavy atom. The first kappa shape index (κ1) is 23.8. The van der Waals surface area contributed by atoms with Crippen LogP contribution >= 0.6 is 11.6 Å². The fourth-order valence-electron chi connectivity index (χ4n) is 3.79. The summed E-state index contributed by atoms with van der Waals surface area (Å²) >= 11 is 5.92. The van der Waals surface area contributed by atoms with Gasteiger partial charge in [0.2, 0.25) is 0 Å². The van der Waals surface area contributed by atoms with Crippen molar-refractivity contribution in [3.8, 4) is 0 Å². The van der Waals surface area contributed by atoms with Gasteiger partial charge in [0.25, 0.3) is 23.4 Å². The molecule has 0 radical (unpaired) electrons. The summed E-state index contributed by atoms with van der Waals surface area (Å²) in [7, 11) is 0. The Bertz CT molecular complexity index is 1340. The fraction of sp³-hybridized carbons (Fsp3) is 0.167. The average Bonchev–Trinajstić information content (AvgIpc) is 2.84. The zero-order chi connectivity index (χ0) is 25.1. The lowest BCUT2D eigenvalue weighted by Gasteiger charge is -2.27. The number of esters is 1. The molecule has 4 rings (SSSR count). The Hall–Kier alpha value is -4.31. The molecule has 0 saturated carbocycles. The number of non-ortho nitro benzene ring substituents is 1. The molecule has 1 heterocycles. The summed E-state index contributed by atoms with van der Waals surface area (Å²) in [5.74, 6) is -2.21.